The summed E-state index contributed by atoms with van der Waals surface area (Å²) in [5, 5.41) is 3.55. The van der Waals surface area contributed by atoms with Gasteiger partial charge < -0.3 is 5.32 Å². The van der Waals surface area contributed by atoms with Gasteiger partial charge in [0.1, 0.15) is 0 Å². The molecule has 14 heavy (non-hydrogen) atoms. The van der Waals surface area contributed by atoms with Gasteiger partial charge in [0.25, 0.3) is 0 Å². The molecular formula is C12H27NS. The summed E-state index contributed by atoms with van der Waals surface area (Å²) in [5.74, 6) is 1.23. The third-order valence-corrected chi connectivity index (χ3v) is 3.27. The lowest BCUT2D eigenvalue weighted by atomic mass is 10.1. The zero-order chi connectivity index (χ0) is 10.6. The summed E-state index contributed by atoms with van der Waals surface area (Å²) in [6.07, 6.45) is 10.5. The molecule has 1 unspecified atom stereocenters. The lowest BCUT2D eigenvalue weighted by Crippen LogP contribution is -2.28. The Hall–Kier alpha value is 0.310. The topological polar surface area (TPSA) is 12.0 Å². The van der Waals surface area contributed by atoms with Crippen molar-refractivity contribution in [3.63, 3.8) is 0 Å². The molecule has 0 aromatic carbocycles. The first kappa shape index (κ1) is 14.3. The number of thioether (sulfide) groups is 1. The van der Waals surface area contributed by atoms with E-state index in [0.29, 0.717) is 6.04 Å². The Morgan fingerprint density at radius 1 is 1.07 bits per heavy atom. The van der Waals surface area contributed by atoms with E-state index in [0.717, 1.165) is 0 Å². The second-order valence-corrected chi connectivity index (χ2v) is 4.99. The third kappa shape index (κ3) is 10.4. The first-order valence-electron chi connectivity index (χ1n) is 6.03. The van der Waals surface area contributed by atoms with Crippen LogP contribution in [0.25, 0.3) is 0 Å². The third-order valence-electron chi connectivity index (χ3n) is 2.44. The van der Waals surface area contributed by atoms with E-state index >= 15 is 0 Å². The van der Waals surface area contributed by atoms with Crippen LogP contribution in [-0.2, 0) is 0 Å². The van der Waals surface area contributed by atoms with Crippen molar-refractivity contribution in [3.8, 4) is 0 Å². The smallest absolute Gasteiger partial charge is 0.0129 e. The lowest BCUT2D eigenvalue weighted by Gasteiger charge is -2.11. The zero-order valence-corrected chi connectivity index (χ0v) is 11.0. The van der Waals surface area contributed by atoms with Gasteiger partial charge in [0.2, 0.25) is 0 Å². The van der Waals surface area contributed by atoms with E-state index < -0.39 is 0 Å². The molecule has 0 aliphatic rings. The first-order valence-corrected chi connectivity index (χ1v) is 7.43. The number of hydrogen-bond acceptors (Lipinski definition) is 2. The van der Waals surface area contributed by atoms with Crippen LogP contribution in [0.4, 0.5) is 0 Å². The first-order chi connectivity index (χ1) is 6.81. The number of rotatable bonds is 10. The van der Waals surface area contributed by atoms with Crippen LogP contribution in [0.15, 0.2) is 0 Å². The van der Waals surface area contributed by atoms with E-state index in [1.54, 1.807) is 0 Å². The standard InChI is InChI=1S/C12H27NS/c1-4-5-6-7-8-9-10-13-12(2)11-14-3/h12-13H,4-11H2,1-3H3. The zero-order valence-electron chi connectivity index (χ0n) is 10.1. The normalized spacial score (nSPS) is 13.1. The van der Waals surface area contributed by atoms with Crippen molar-refractivity contribution in [1.82, 2.24) is 5.32 Å². The van der Waals surface area contributed by atoms with Crippen molar-refractivity contribution in [2.24, 2.45) is 0 Å². The van der Waals surface area contributed by atoms with E-state index in [1.807, 2.05) is 11.8 Å². The minimum atomic E-state index is 0.681. The molecule has 86 valence electrons. The molecule has 0 saturated carbocycles. The fraction of sp³-hybridized carbons (Fsp3) is 1.00. The van der Waals surface area contributed by atoms with Gasteiger partial charge in [0.05, 0.1) is 0 Å². The van der Waals surface area contributed by atoms with E-state index in [1.165, 1.54) is 50.8 Å². The summed E-state index contributed by atoms with van der Waals surface area (Å²) < 4.78 is 0. The highest BCUT2D eigenvalue weighted by atomic mass is 32.2. The van der Waals surface area contributed by atoms with Crippen molar-refractivity contribution < 1.29 is 0 Å². The van der Waals surface area contributed by atoms with Gasteiger partial charge in [-0.1, -0.05) is 39.0 Å². The van der Waals surface area contributed by atoms with Crippen LogP contribution in [0.3, 0.4) is 0 Å². The highest BCUT2D eigenvalue weighted by Gasteiger charge is 1.98. The summed E-state index contributed by atoms with van der Waals surface area (Å²) in [6, 6.07) is 0.681. The van der Waals surface area contributed by atoms with Gasteiger partial charge in [-0.15, -0.1) is 0 Å². The SMILES string of the molecule is CCCCCCCCNC(C)CSC. The number of unbranched alkanes of at least 4 members (excludes halogenated alkanes) is 5. The highest BCUT2D eigenvalue weighted by Crippen LogP contribution is 2.04. The van der Waals surface area contributed by atoms with Crippen LogP contribution in [0.5, 0.6) is 0 Å². The molecule has 0 fully saturated rings. The maximum Gasteiger partial charge on any atom is 0.0129 e. The minimum Gasteiger partial charge on any atom is -0.313 e. The summed E-state index contributed by atoms with van der Waals surface area (Å²) in [5.41, 5.74) is 0. The predicted octanol–water partition coefficient (Wildman–Crippen LogP) is 3.69. The number of nitrogens with one attached hydrogen (secondary N) is 1. The van der Waals surface area contributed by atoms with Crippen molar-refractivity contribution in [1.29, 1.82) is 0 Å². The Bertz CT molecular complexity index is 106. The fourth-order valence-electron chi connectivity index (χ4n) is 1.56. The molecule has 0 saturated heterocycles. The molecule has 1 nitrogen and oxygen atoms in total. The van der Waals surface area contributed by atoms with Crippen LogP contribution in [0.2, 0.25) is 0 Å². The summed E-state index contributed by atoms with van der Waals surface area (Å²) in [4.78, 5) is 0. The molecule has 1 N–H and O–H groups in total. The van der Waals surface area contributed by atoms with E-state index in [4.69, 9.17) is 0 Å². The molecule has 0 rings (SSSR count). The molecule has 0 aliphatic carbocycles. The van der Waals surface area contributed by atoms with Crippen LogP contribution < -0.4 is 5.32 Å². The van der Waals surface area contributed by atoms with Gasteiger partial charge in [0.15, 0.2) is 0 Å². The molecule has 1 atom stereocenters. The Labute approximate surface area is 94.4 Å². The highest BCUT2D eigenvalue weighted by molar-refractivity contribution is 7.98. The molecule has 0 heterocycles. The van der Waals surface area contributed by atoms with Gasteiger partial charge in [-0.05, 0) is 26.1 Å². The summed E-state index contributed by atoms with van der Waals surface area (Å²) in [6.45, 7) is 5.74. The van der Waals surface area contributed by atoms with Crippen LogP contribution >= 0.6 is 11.8 Å². The van der Waals surface area contributed by atoms with Gasteiger partial charge in [-0.2, -0.15) is 11.8 Å². The average molecular weight is 217 g/mol. The monoisotopic (exact) mass is 217 g/mol. The molecule has 0 radical (unpaired) electrons. The maximum absolute atomic E-state index is 3.55. The van der Waals surface area contributed by atoms with Crippen molar-refractivity contribution in [2.45, 2.75) is 58.4 Å². The van der Waals surface area contributed by atoms with E-state index in [9.17, 15) is 0 Å². The van der Waals surface area contributed by atoms with Crippen LogP contribution in [-0.4, -0.2) is 24.6 Å². The van der Waals surface area contributed by atoms with Crippen molar-refractivity contribution in [3.05, 3.63) is 0 Å². The molecule has 0 aliphatic heterocycles. The van der Waals surface area contributed by atoms with Crippen molar-refractivity contribution >= 4 is 11.8 Å². The largest absolute Gasteiger partial charge is 0.313 e. The van der Waals surface area contributed by atoms with Gasteiger partial charge in [-0.25, -0.2) is 0 Å². The fourth-order valence-corrected chi connectivity index (χ4v) is 2.18. The lowest BCUT2D eigenvalue weighted by molar-refractivity contribution is 0.539. The average Bonchev–Trinajstić information content (AvgIpc) is 2.17. The molecule has 0 amide bonds. The second kappa shape index (κ2) is 11.4. The Morgan fingerprint density at radius 2 is 1.71 bits per heavy atom. The van der Waals surface area contributed by atoms with Gasteiger partial charge >= 0.3 is 0 Å². The molecule has 2 heteroatoms. The second-order valence-electron chi connectivity index (χ2n) is 4.08. The predicted molar refractivity (Wildman–Crippen MR) is 69.2 cm³/mol. The molecular weight excluding hydrogens is 190 g/mol. The summed E-state index contributed by atoms with van der Waals surface area (Å²) in [7, 11) is 0. The molecule has 0 bridgehead atoms. The summed E-state index contributed by atoms with van der Waals surface area (Å²) >= 11 is 1.92. The van der Waals surface area contributed by atoms with Crippen LogP contribution in [0.1, 0.15) is 52.4 Å². The van der Waals surface area contributed by atoms with Crippen molar-refractivity contribution in [2.75, 3.05) is 18.6 Å². The Morgan fingerprint density at radius 3 is 2.36 bits per heavy atom. The molecule has 0 aromatic rings. The quantitative estimate of drug-likeness (QED) is 0.560. The maximum atomic E-state index is 3.55. The minimum absolute atomic E-state index is 0.681. The van der Waals surface area contributed by atoms with Gasteiger partial charge in [0, 0.05) is 11.8 Å². The molecule has 0 spiro atoms. The Balaban J connectivity index is 2.98. The van der Waals surface area contributed by atoms with E-state index in [2.05, 4.69) is 25.4 Å². The molecule has 0 aromatic heterocycles. The van der Waals surface area contributed by atoms with Gasteiger partial charge in [-0.3, -0.25) is 0 Å². The van der Waals surface area contributed by atoms with Crippen LogP contribution in [0, 0.1) is 0 Å². The number of hydrogen-bond donors (Lipinski definition) is 1. The van der Waals surface area contributed by atoms with E-state index in [-0.39, 0.29) is 0 Å². The Kier molecular flexibility index (Phi) is 11.6.